The van der Waals surface area contributed by atoms with Crippen LogP contribution in [0, 0.1) is 0 Å². The zero-order chi connectivity index (χ0) is 30.2. The molecule has 5 rings (SSSR count). The smallest absolute Gasteiger partial charge is 0.489 e. The molecule has 0 unspecified atom stereocenters. The maximum atomic E-state index is 12.7. The van der Waals surface area contributed by atoms with Crippen molar-refractivity contribution >= 4 is 41.2 Å². The number of aromatic nitrogens is 2. The molecule has 222 valence electrons. The highest BCUT2D eigenvalue weighted by Crippen LogP contribution is 2.39. The number of ether oxygens (including phenoxy) is 3. The van der Waals surface area contributed by atoms with Crippen LogP contribution in [0.1, 0.15) is 41.8 Å². The zero-order valence-corrected chi connectivity index (χ0v) is 24.3. The van der Waals surface area contributed by atoms with Crippen LogP contribution in [0.3, 0.4) is 0 Å². The van der Waals surface area contributed by atoms with E-state index in [4.69, 9.17) is 26.8 Å². The third-order valence-corrected chi connectivity index (χ3v) is 7.92. The van der Waals surface area contributed by atoms with Crippen LogP contribution in [0.15, 0.2) is 59.8 Å². The number of nitrogens with zero attached hydrogens (tertiary/aromatic N) is 3. The molecule has 0 bridgehead atoms. The number of hydrogen-bond donors (Lipinski definition) is 2. The number of primary amides is 1. The summed E-state index contributed by atoms with van der Waals surface area (Å²) in [4.78, 5) is 19.0. The summed E-state index contributed by atoms with van der Waals surface area (Å²) in [5, 5.41) is 0.424. The quantitative estimate of drug-likeness (QED) is 0.216. The van der Waals surface area contributed by atoms with Gasteiger partial charge in [0.2, 0.25) is 5.91 Å². The molecule has 2 heterocycles. The number of thiol groups is 1. The first-order valence-electron chi connectivity index (χ1n) is 13.1. The minimum Gasteiger partial charge on any atom is -0.489 e. The summed E-state index contributed by atoms with van der Waals surface area (Å²) in [5.41, 5.74) is 7.55. The lowest BCUT2D eigenvalue weighted by Crippen LogP contribution is -2.35. The van der Waals surface area contributed by atoms with Crippen molar-refractivity contribution in [3.63, 3.8) is 0 Å². The predicted octanol–water partition coefficient (Wildman–Crippen LogP) is 6.58. The summed E-state index contributed by atoms with van der Waals surface area (Å²) < 4.78 is 56.1. The predicted molar refractivity (Wildman–Crippen MR) is 155 cm³/mol. The molecule has 4 aromatic rings. The second kappa shape index (κ2) is 11.9. The average molecular weight is 621 g/mol. The molecular formula is C29H28ClF3N4O4S. The number of piperidine rings is 1. The van der Waals surface area contributed by atoms with Crippen molar-refractivity contribution in [2.45, 2.75) is 43.2 Å². The van der Waals surface area contributed by atoms with Gasteiger partial charge in [-0.2, -0.15) is 0 Å². The molecule has 1 saturated heterocycles. The van der Waals surface area contributed by atoms with Crippen LogP contribution in [-0.2, 0) is 0 Å². The minimum absolute atomic E-state index is 0.0603. The van der Waals surface area contributed by atoms with Gasteiger partial charge >= 0.3 is 6.36 Å². The van der Waals surface area contributed by atoms with Crippen LogP contribution in [-0.4, -0.2) is 53.0 Å². The molecule has 2 N–H and O–H groups in total. The van der Waals surface area contributed by atoms with E-state index in [1.54, 1.807) is 17.6 Å². The van der Waals surface area contributed by atoms with Gasteiger partial charge in [-0.1, -0.05) is 23.7 Å². The Balaban J connectivity index is 1.45. The SMILES string of the molecule is C[C@@H](Oc1cc(-n2cnc3cc(OC(F)(F)F)ccc32)cc(C(N)=O)c1S)c1cccc(OC2CCN(C)CC2)c1Cl. The molecule has 3 aromatic carbocycles. The Morgan fingerprint density at radius 2 is 1.88 bits per heavy atom. The molecule has 1 aromatic heterocycles. The third kappa shape index (κ3) is 6.55. The molecule has 1 atom stereocenters. The van der Waals surface area contributed by atoms with E-state index >= 15 is 0 Å². The number of carbonyl (C=O) groups excluding carboxylic acids is 1. The highest BCUT2D eigenvalue weighted by molar-refractivity contribution is 7.80. The number of hydrogen-bond acceptors (Lipinski definition) is 7. The Morgan fingerprint density at radius 3 is 2.57 bits per heavy atom. The maximum Gasteiger partial charge on any atom is 0.573 e. The highest BCUT2D eigenvalue weighted by Gasteiger charge is 2.31. The van der Waals surface area contributed by atoms with Gasteiger partial charge in [0.25, 0.3) is 0 Å². The number of alkyl halides is 3. The van der Waals surface area contributed by atoms with Crippen molar-refractivity contribution in [2.24, 2.45) is 5.73 Å². The Hall–Kier alpha value is -3.61. The lowest BCUT2D eigenvalue weighted by molar-refractivity contribution is -0.274. The first kappa shape index (κ1) is 29.9. The number of fused-ring (bicyclic) bond motifs is 1. The first-order chi connectivity index (χ1) is 19.9. The zero-order valence-electron chi connectivity index (χ0n) is 22.7. The number of nitrogens with two attached hydrogens (primary N) is 1. The van der Waals surface area contributed by atoms with E-state index in [-0.39, 0.29) is 27.8 Å². The van der Waals surface area contributed by atoms with Crippen molar-refractivity contribution in [1.82, 2.24) is 14.5 Å². The summed E-state index contributed by atoms with van der Waals surface area (Å²) in [6, 6.07) is 12.4. The van der Waals surface area contributed by atoms with E-state index < -0.39 is 24.1 Å². The Morgan fingerprint density at radius 1 is 1.14 bits per heavy atom. The van der Waals surface area contributed by atoms with E-state index in [1.165, 1.54) is 30.6 Å². The Kier molecular flexibility index (Phi) is 8.49. The number of imidazole rings is 1. The molecule has 13 heteroatoms. The van der Waals surface area contributed by atoms with Crippen molar-refractivity contribution in [3.05, 3.63) is 71.0 Å². The van der Waals surface area contributed by atoms with Crippen molar-refractivity contribution in [1.29, 1.82) is 0 Å². The standard InChI is InChI=1S/C29H28ClF3N4O4S/c1-16(20-4-3-5-24(26(20)30)40-18-8-10-36(2)11-9-18)39-25-13-17(12-21(27(25)42)28(34)38)37-15-35-22-14-19(6-7-23(22)37)41-29(31,32)33/h3-7,12-16,18,42H,8-11H2,1-2H3,(H2,34,38)/t16-/m1/s1. The van der Waals surface area contributed by atoms with Crippen molar-refractivity contribution in [3.8, 4) is 22.9 Å². The van der Waals surface area contributed by atoms with Crippen molar-refractivity contribution < 1.29 is 32.2 Å². The lowest BCUT2D eigenvalue weighted by atomic mass is 10.1. The molecule has 1 aliphatic heterocycles. The summed E-state index contributed by atoms with van der Waals surface area (Å²) in [5.74, 6) is -0.332. The van der Waals surface area contributed by atoms with E-state index in [9.17, 15) is 18.0 Å². The molecule has 1 amide bonds. The third-order valence-electron chi connectivity index (χ3n) is 7.05. The molecule has 8 nitrogen and oxygen atoms in total. The van der Waals surface area contributed by atoms with Crippen LogP contribution in [0.5, 0.6) is 17.2 Å². The van der Waals surface area contributed by atoms with Crippen LogP contribution in [0.2, 0.25) is 5.02 Å². The van der Waals surface area contributed by atoms with Crippen molar-refractivity contribution in [2.75, 3.05) is 20.1 Å². The van der Waals surface area contributed by atoms with E-state index in [1.807, 2.05) is 18.2 Å². The van der Waals surface area contributed by atoms with Crippen LogP contribution < -0.4 is 19.9 Å². The molecule has 0 aliphatic carbocycles. The molecule has 42 heavy (non-hydrogen) atoms. The normalized spacial score (nSPS) is 15.5. The summed E-state index contributed by atoms with van der Waals surface area (Å²) in [7, 11) is 2.08. The molecule has 0 radical (unpaired) electrons. The minimum atomic E-state index is -4.83. The van der Waals surface area contributed by atoms with Gasteiger partial charge in [-0.25, -0.2) is 4.98 Å². The molecule has 1 fully saturated rings. The summed E-state index contributed by atoms with van der Waals surface area (Å²) in [6.07, 6.45) is -2.15. The van der Waals surface area contributed by atoms with Crippen LogP contribution in [0.4, 0.5) is 13.2 Å². The second-order valence-electron chi connectivity index (χ2n) is 10.1. The van der Waals surface area contributed by atoms with Gasteiger partial charge in [-0.3, -0.25) is 9.36 Å². The fourth-order valence-corrected chi connectivity index (χ4v) is 5.49. The number of rotatable bonds is 8. The summed E-state index contributed by atoms with van der Waals surface area (Å²) >= 11 is 11.3. The van der Waals surface area contributed by atoms with Gasteiger partial charge in [0.15, 0.2) is 0 Å². The van der Waals surface area contributed by atoms with Gasteiger partial charge < -0.3 is 24.8 Å². The lowest BCUT2D eigenvalue weighted by Gasteiger charge is -2.30. The number of amides is 1. The van der Waals surface area contributed by atoms with E-state index in [0.717, 1.165) is 25.9 Å². The number of carbonyl (C=O) groups is 1. The Bertz CT molecular complexity index is 1620. The van der Waals surface area contributed by atoms with E-state index in [2.05, 4.69) is 34.3 Å². The first-order valence-corrected chi connectivity index (χ1v) is 13.9. The molecular weight excluding hydrogens is 593 g/mol. The fourth-order valence-electron chi connectivity index (χ4n) is 4.87. The van der Waals surface area contributed by atoms with Gasteiger partial charge in [0.05, 0.1) is 32.2 Å². The highest BCUT2D eigenvalue weighted by atomic mass is 35.5. The monoisotopic (exact) mass is 620 g/mol. The Labute approximate surface area is 250 Å². The van der Waals surface area contributed by atoms with Gasteiger partial charge in [-0.15, -0.1) is 25.8 Å². The maximum absolute atomic E-state index is 12.7. The van der Waals surface area contributed by atoms with Crippen LogP contribution in [0.25, 0.3) is 16.7 Å². The number of benzene rings is 3. The second-order valence-corrected chi connectivity index (χ2v) is 10.9. The molecule has 0 spiro atoms. The topological polar surface area (TPSA) is 91.8 Å². The van der Waals surface area contributed by atoms with Gasteiger partial charge in [-0.05, 0) is 51.1 Å². The summed E-state index contributed by atoms with van der Waals surface area (Å²) in [6.45, 7) is 3.69. The number of halogens is 4. The fraction of sp³-hybridized carbons (Fsp3) is 0.310. The molecule has 1 aliphatic rings. The van der Waals surface area contributed by atoms with Gasteiger partial charge in [0.1, 0.15) is 35.8 Å². The number of likely N-dealkylation sites (tertiary alicyclic amines) is 1. The molecule has 0 saturated carbocycles. The average Bonchev–Trinajstić information content (AvgIpc) is 3.34. The van der Waals surface area contributed by atoms with E-state index in [0.29, 0.717) is 27.5 Å². The van der Waals surface area contributed by atoms with Crippen LogP contribution >= 0.6 is 24.2 Å². The van der Waals surface area contributed by atoms with Gasteiger partial charge in [0, 0.05) is 30.8 Å². The largest absolute Gasteiger partial charge is 0.573 e.